The molecule has 3 N–H and O–H groups in total. The molecule has 0 fully saturated rings. The van der Waals surface area contributed by atoms with Gasteiger partial charge < -0.3 is 29.5 Å². The number of halogens is 3. The lowest BCUT2D eigenvalue weighted by Gasteiger charge is -2.13. The fraction of sp³-hybridized carbons (Fsp3) is 0.389. The molecule has 0 radical (unpaired) electrons. The van der Waals surface area contributed by atoms with Crippen molar-refractivity contribution in [2.45, 2.75) is 25.6 Å². The molecule has 1 aromatic carbocycles. The molecule has 0 bridgehead atoms. The fourth-order valence-corrected chi connectivity index (χ4v) is 2.29. The van der Waals surface area contributed by atoms with Gasteiger partial charge in [0.1, 0.15) is 11.6 Å². The van der Waals surface area contributed by atoms with Gasteiger partial charge in [-0.05, 0) is 25.0 Å². The molecule has 0 saturated heterocycles. The number of benzene rings is 1. The van der Waals surface area contributed by atoms with Crippen molar-refractivity contribution in [1.82, 2.24) is 0 Å². The molecule has 0 unspecified atom stereocenters. The normalized spacial score (nSPS) is 11.8. The van der Waals surface area contributed by atoms with E-state index in [1.165, 1.54) is 20.3 Å². The molecule has 30 heavy (non-hydrogen) atoms. The van der Waals surface area contributed by atoms with E-state index in [1.807, 2.05) is 0 Å². The number of methoxy groups -OCH3 is 2. The molecule has 0 spiro atoms. The summed E-state index contributed by atoms with van der Waals surface area (Å²) in [6.07, 6.45) is -4.93. The summed E-state index contributed by atoms with van der Waals surface area (Å²) in [6, 6.07) is 3.69. The number of ether oxygens (including phenoxy) is 3. The Morgan fingerprint density at radius 1 is 1.17 bits per heavy atom. The van der Waals surface area contributed by atoms with Crippen LogP contribution in [0.1, 0.15) is 12.5 Å². The summed E-state index contributed by atoms with van der Waals surface area (Å²) in [5.74, 6) is -2.35. The van der Waals surface area contributed by atoms with Crippen LogP contribution in [0.4, 0.5) is 13.2 Å². The monoisotopic (exact) mass is 435 g/mol. The second kappa shape index (κ2) is 10.5. The second-order valence-corrected chi connectivity index (χ2v) is 5.66. The zero-order valence-electron chi connectivity index (χ0n) is 16.2. The number of hydrogen-bond acceptors (Lipinski definition) is 8. The molecular formula is C18H20F3NO8. The number of esters is 1. The van der Waals surface area contributed by atoms with Gasteiger partial charge in [0.05, 0.1) is 20.8 Å². The van der Waals surface area contributed by atoms with E-state index in [-0.39, 0.29) is 13.0 Å². The summed E-state index contributed by atoms with van der Waals surface area (Å²) < 4.78 is 52.3. The van der Waals surface area contributed by atoms with E-state index >= 15 is 0 Å². The summed E-state index contributed by atoms with van der Waals surface area (Å²) in [5.41, 5.74) is 6.22. The highest BCUT2D eigenvalue weighted by Gasteiger charge is 2.38. The minimum absolute atomic E-state index is 0.149. The van der Waals surface area contributed by atoms with Gasteiger partial charge in [-0.2, -0.15) is 13.2 Å². The Kier molecular flexibility index (Phi) is 8.65. The van der Waals surface area contributed by atoms with Crippen molar-refractivity contribution in [1.29, 1.82) is 0 Å². The van der Waals surface area contributed by atoms with E-state index < -0.39 is 29.8 Å². The van der Waals surface area contributed by atoms with Crippen molar-refractivity contribution >= 4 is 22.9 Å². The zero-order chi connectivity index (χ0) is 23.1. The molecule has 0 amide bonds. The van der Waals surface area contributed by atoms with Crippen LogP contribution >= 0.6 is 0 Å². The minimum atomic E-state index is -5.08. The summed E-state index contributed by atoms with van der Waals surface area (Å²) in [5, 5.41) is 7.75. The SMILES string of the molecule is CCOC(=O)[C@@H](N)Cc1cc(=O)oc2cc(OC)c(OC)cc12.O=C(O)C(F)(F)F. The van der Waals surface area contributed by atoms with Crippen molar-refractivity contribution < 1.29 is 46.5 Å². The summed E-state index contributed by atoms with van der Waals surface area (Å²) >= 11 is 0. The highest BCUT2D eigenvalue weighted by atomic mass is 19.4. The van der Waals surface area contributed by atoms with Crippen LogP contribution in [0, 0.1) is 0 Å². The third-order valence-corrected chi connectivity index (χ3v) is 3.61. The first-order chi connectivity index (χ1) is 13.9. The number of carbonyl (C=O) groups is 2. The topological polar surface area (TPSA) is 138 Å². The van der Waals surface area contributed by atoms with Crippen LogP contribution in [0.2, 0.25) is 0 Å². The number of hydrogen-bond donors (Lipinski definition) is 2. The quantitative estimate of drug-likeness (QED) is 0.514. The molecule has 1 heterocycles. The number of carboxylic acid groups (broad SMARTS) is 1. The molecule has 9 nitrogen and oxygen atoms in total. The summed E-state index contributed by atoms with van der Waals surface area (Å²) in [4.78, 5) is 32.3. The molecule has 2 aromatic rings. The average Bonchev–Trinajstić information content (AvgIpc) is 2.66. The van der Waals surface area contributed by atoms with Gasteiger partial charge in [-0.25, -0.2) is 9.59 Å². The fourth-order valence-electron chi connectivity index (χ4n) is 2.29. The van der Waals surface area contributed by atoms with E-state index in [2.05, 4.69) is 0 Å². The van der Waals surface area contributed by atoms with Gasteiger partial charge in [0.15, 0.2) is 11.5 Å². The minimum Gasteiger partial charge on any atom is -0.493 e. The van der Waals surface area contributed by atoms with Crippen LogP contribution in [0.3, 0.4) is 0 Å². The van der Waals surface area contributed by atoms with Crippen LogP contribution in [0.5, 0.6) is 11.5 Å². The first kappa shape index (κ1) is 24.8. The van der Waals surface area contributed by atoms with E-state index in [9.17, 15) is 22.8 Å². The van der Waals surface area contributed by atoms with Gasteiger partial charge >= 0.3 is 23.7 Å². The maximum absolute atomic E-state index is 11.7. The number of carbonyl (C=O) groups excluding carboxylic acids is 1. The second-order valence-electron chi connectivity index (χ2n) is 5.66. The average molecular weight is 435 g/mol. The first-order valence-electron chi connectivity index (χ1n) is 8.35. The summed E-state index contributed by atoms with van der Waals surface area (Å²) in [6.45, 7) is 1.95. The Morgan fingerprint density at radius 3 is 2.17 bits per heavy atom. The van der Waals surface area contributed by atoms with Crippen LogP contribution in [-0.2, 0) is 20.7 Å². The molecule has 1 aromatic heterocycles. The van der Waals surface area contributed by atoms with Gasteiger partial charge in [-0.15, -0.1) is 0 Å². The van der Waals surface area contributed by atoms with Crippen molar-refractivity contribution in [2.24, 2.45) is 5.73 Å². The molecule has 12 heteroatoms. The van der Waals surface area contributed by atoms with Crippen LogP contribution in [-0.4, -0.2) is 50.1 Å². The molecular weight excluding hydrogens is 415 g/mol. The number of carboxylic acids is 1. The maximum Gasteiger partial charge on any atom is 0.490 e. The molecule has 0 saturated carbocycles. The Hall–Kier alpha value is -3.28. The predicted molar refractivity (Wildman–Crippen MR) is 97.6 cm³/mol. The van der Waals surface area contributed by atoms with E-state index in [4.69, 9.17) is 34.3 Å². The van der Waals surface area contributed by atoms with Crippen molar-refractivity contribution in [3.05, 3.63) is 34.2 Å². The number of alkyl halides is 3. The van der Waals surface area contributed by atoms with Crippen molar-refractivity contribution in [3.63, 3.8) is 0 Å². The maximum atomic E-state index is 11.7. The van der Waals surface area contributed by atoms with E-state index in [0.29, 0.717) is 28.0 Å². The molecule has 0 aliphatic rings. The van der Waals surface area contributed by atoms with Gasteiger partial charge in [0.25, 0.3) is 0 Å². The lowest BCUT2D eigenvalue weighted by molar-refractivity contribution is -0.192. The molecule has 2 rings (SSSR count). The van der Waals surface area contributed by atoms with Gasteiger partial charge in [-0.3, -0.25) is 4.79 Å². The van der Waals surface area contributed by atoms with Crippen LogP contribution in [0.15, 0.2) is 27.4 Å². The smallest absolute Gasteiger partial charge is 0.490 e. The number of rotatable bonds is 6. The lowest BCUT2D eigenvalue weighted by atomic mass is 10.0. The van der Waals surface area contributed by atoms with Crippen molar-refractivity contribution in [2.75, 3.05) is 20.8 Å². The van der Waals surface area contributed by atoms with E-state index in [1.54, 1.807) is 19.1 Å². The Bertz CT molecular complexity index is 955. The third kappa shape index (κ3) is 6.65. The van der Waals surface area contributed by atoms with Crippen LogP contribution < -0.4 is 20.8 Å². The Morgan fingerprint density at radius 2 is 1.70 bits per heavy atom. The standard InChI is InChI=1S/C16H19NO6.C2HF3O2/c1-4-22-16(19)11(17)5-9-6-15(18)23-12-8-14(21-3)13(20-2)7-10(9)12;3-2(4,5)1(6)7/h6-8,11H,4-5,17H2,1-3H3;(H,6,7)/t11-;/m0./s1. The van der Waals surface area contributed by atoms with Gasteiger partial charge in [0.2, 0.25) is 0 Å². The largest absolute Gasteiger partial charge is 0.493 e. The zero-order valence-corrected chi connectivity index (χ0v) is 16.2. The lowest BCUT2D eigenvalue weighted by Crippen LogP contribution is -2.34. The molecule has 166 valence electrons. The van der Waals surface area contributed by atoms with Gasteiger partial charge in [-0.1, -0.05) is 0 Å². The number of fused-ring (bicyclic) bond motifs is 1. The number of aliphatic carboxylic acids is 1. The van der Waals surface area contributed by atoms with Crippen molar-refractivity contribution in [3.8, 4) is 11.5 Å². The predicted octanol–water partition coefficient (Wildman–Crippen LogP) is 1.88. The van der Waals surface area contributed by atoms with Gasteiger partial charge in [0, 0.05) is 17.5 Å². The Balaban J connectivity index is 0.000000553. The van der Waals surface area contributed by atoms with E-state index in [0.717, 1.165) is 0 Å². The molecule has 0 aliphatic carbocycles. The number of nitrogens with two attached hydrogens (primary N) is 1. The first-order valence-corrected chi connectivity index (χ1v) is 8.35. The highest BCUT2D eigenvalue weighted by molar-refractivity contribution is 5.85. The molecule has 1 atom stereocenters. The molecule has 0 aliphatic heterocycles. The Labute approximate surface area is 168 Å². The van der Waals surface area contributed by atoms with Crippen LogP contribution in [0.25, 0.3) is 11.0 Å². The summed E-state index contributed by atoms with van der Waals surface area (Å²) in [7, 11) is 3.00. The highest BCUT2D eigenvalue weighted by Crippen LogP contribution is 2.33. The third-order valence-electron chi connectivity index (χ3n) is 3.61.